The van der Waals surface area contributed by atoms with Crippen LogP contribution in [0.2, 0.25) is 0 Å². The van der Waals surface area contributed by atoms with E-state index in [2.05, 4.69) is 31.2 Å². The minimum Gasteiger partial charge on any atom is -0.385 e. The first-order chi connectivity index (χ1) is 15.2. The van der Waals surface area contributed by atoms with Gasteiger partial charge in [0.15, 0.2) is 0 Å². The van der Waals surface area contributed by atoms with Crippen LogP contribution in [0.15, 0.2) is 24.3 Å². The summed E-state index contributed by atoms with van der Waals surface area (Å²) in [5.41, 5.74) is 3.10. The van der Waals surface area contributed by atoms with E-state index in [9.17, 15) is 0 Å². The van der Waals surface area contributed by atoms with Crippen molar-refractivity contribution in [3.8, 4) is 0 Å². The van der Waals surface area contributed by atoms with E-state index in [1.165, 1.54) is 89.0 Å². The van der Waals surface area contributed by atoms with Gasteiger partial charge in [-0.15, -0.1) is 0 Å². The SMILES string of the molecule is CCCc1ccc(C2CCC(C3CCC(CC(CCOC)CCOC)CC3)CC2)cc1. The Morgan fingerprint density at radius 3 is 1.84 bits per heavy atom. The third-order valence-corrected chi connectivity index (χ3v) is 8.45. The lowest BCUT2D eigenvalue weighted by molar-refractivity contribution is 0.117. The van der Waals surface area contributed by atoms with Crippen LogP contribution in [0.25, 0.3) is 0 Å². The second-order valence-electron chi connectivity index (χ2n) is 10.5. The van der Waals surface area contributed by atoms with Crippen molar-refractivity contribution in [2.75, 3.05) is 27.4 Å². The summed E-state index contributed by atoms with van der Waals surface area (Å²) in [4.78, 5) is 0. The van der Waals surface area contributed by atoms with Crippen molar-refractivity contribution in [2.24, 2.45) is 23.7 Å². The number of aryl methyl sites for hydroxylation is 1. The van der Waals surface area contributed by atoms with Gasteiger partial charge in [0.05, 0.1) is 0 Å². The lowest BCUT2D eigenvalue weighted by Gasteiger charge is -2.38. The van der Waals surface area contributed by atoms with Crippen LogP contribution >= 0.6 is 0 Å². The average Bonchev–Trinajstić information content (AvgIpc) is 2.82. The van der Waals surface area contributed by atoms with Gasteiger partial charge in [0, 0.05) is 27.4 Å². The summed E-state index contributed by atoms with van der Waals surface area (Å²) in [5.74, 6) is 4.52. The van der Waals surface area contributed by atoms with Gasteiger partial charge < -0.3 is 9.47 Å². The molecule has 0 amide bonds. The van der Waals surface area contributed by atoms with E-state index in [1.807, 2.05) is 14.2 Å². The van der Waals surface area contributed by atoms with Gasteiger partial charge in [-0.1, -0.05) is 50.5 Å². The van der Waals surface area contributed by atoms with E-state index in [0.717, 1.165) is 42.8 Å². The van der Waals surface area contributed by atoms with E-state index in [1.54, 1.807) is 5.56 Å². The fourth-order valence-corrected chi connectivity index (χ4v) is 6.48. The highest BCUT2D eigenvalue weighted by Crippen LogP contribution is 2.45. The van der Waals surface area contributed by atoms with Crippen molar-refractivity contribution in [2.45, 2.75) is 96.3 Å². The van der Waals surface area contributed by atoms with Crippen LogP contribution in [0.1, 0.15) is 101 Å². The Kier molecular flexibility index (Phi) is 10.9. The molecule has 2 heteroatoms. The number of benzene rings is 1. The van der Waals surface area contributed by atoms with E-state index in [0.29, 0.717) is 0 Å². The van der Waals surface area contributed by atoms with Gasteiger partial charge in [0.25, 0.3) is 0 Å². The van der Waals surface area contributed by atoms with Gasteiger partial charge in [-0.3, -0.25) is 0 Å². The highest BCUT2D eigenvalue weighted by molar-refractivity contribution is 5.26. The largest absolute Gasteiger partial charge is 0.385 e. The van der Waals surface area contributed by atoms with E-state index in [-0.39, 0.29) is 0 Å². The molecule has 0 bridgehead atoms. The van der Waals surface area contributed by atoms with Gasteiger partial charge >= 0.3 is 0 Å². The summed E-state index contributed by atoms with van der Waals surface area (Å²) in [6.07, 6.45) is 17.9. The third-order valence-electron chi connectivity index (χ3n) is 8.45. The van der Waals surface area contributed by atoms with Crippen LogP contribution < -0.4 is 0 Å². The van der Waals surface area contributed by atoms with Crippen LogP contribution in [-0.4, -0.2) is 27.4 Å². The first kappa shape index (κ1) is 24.8. The van der Waals surface area contributed by atoms with Crippen LogP contribution in [0, 0.1) is 23.7 Å². The Bertz CT molecular complexity index is 571. The number of rotatable bonds is 12. The molecule has 0 N–H and O–H groups in total. The summed E-state index contributed by atoms with van der Waals surface area (Å²) >= 11 is 0. The summed E-state index contributed by atoms with van der Waals surface area (Å²) in [6.45, 7) is 4.06. The topological polar surface area (TPSA) is 18.5 Å². The number of hydrogen-bond acceptors (Lipinski definition) is 2. The fraction of sp³-hybridized carbons (Fsp3) is 0.793. The van der Waals surface area contributed by atoms with Crippen molar-refractivity contribution >= 4 is 0 Å². The van der Waals surface area contributed by atoms with Crippen LogP contribution in [0.4, 0.5) is 0 Å². The van der Waals surface area contributed by atoms with Gasteiger partial charge in [-0.05, 0) is 105 Å². The van der Waals surface area contributed by atoms with Crippen molar-refractivity contribution < 1.29 is 9.47 Å². The van der Waals surface area contributed by atoms with Crippen LogP contribution in [-0.2, 0) is 15.9 Å². The molecule has 0 unspecified atom stereocenters. The Balaban J connectivity index is 1.39. The minimum absolute atomic E-state index is 0.778. The highest BCUT2D eigenvalue weighted by Gasteiger charge is 2.31. The summed E-state index contributed by atoms with van der Waals surface area (Å²) in [5, 5.41) is 0. The predicted molar refractivity (Wildman–Crippen MR) is 132 cm³/mol. The number of methoxy groups -OCH3 is 2. The molecule has 0 saturated heterocycles. The second-order valence-corrected chi connectivity index (χ2v) is 10.5. The Labute approximate surface area is 192 Å². The van der Waals surface area contributed by atoms with Crippen molar-refractivity contribution in [1.29, 1.82) is 0 Å². The third kappa shape index (κ3) is 7.90. The molecule has 0 spiro atoms. The predicted octanol–water partition coefficient (Wildman–Crippen LogP) is 7.80. The molecule has 0 radical (unpaired) electrons. The molecular formula is C29H48O2. The Morgan fingerprint density at radius 2 is 1.32 bits per heavy atom. The van der Waals surface area contributed by atoms with E-state index in [4.69, 9.17) is 9.47 Å². The Morgan fingerprint density at radius 1 is 0.774 bits per heavy atom. The second kappa shape index (κ2) is 13.6. The zero-order valence-corrected chi connectivity index (χ0v) is 20.6. The van der Waals surface area contributed by atoms with Crippen LogP contribution in [0.3, 0.4) is 0 Å². The summed E-state index contributed by atoms with van der Waals surface area (Å²) in [6, 6.07) is 9.59. The molecule has 2 fully saturated rings. The fourth-order valence-electron chi connectivity index (χ4n) is 6.48. The highest BCUT2D eigenvalue weighted by atomic mass is 16.5. The maximum Gasteiger partial charge on any atom is 0.0464 e. The smallest absolute Gasteiger partial charge is 0.0464 e. The molecule has 0 heterocycles. The Hall–Kier alpha value is -0.860. The van der Waals surface area contributed by atoms with Crippen molar-refractivity contribution in [3.63, 3.8) is 0 Å². The van der Waals surface area contributed by atoms with E-state index >= 15 is 0 Å². The normalized spacial score (nSPS) is 27.0. The zero-order valence-electron chi connectivity index (χ0n) is 20.6. The first-order valence-corrected chi connectivity index (χ1v) is 13.3. The molecule has 31 heavy (non-hydrogen) atoms. The van der Waals surface area contributed by atoms with Crippen molar-refractivity contribution in [3.05, 3.63) is 35.4 Å². The average molecular weight is 429 g/mol. The monoisotopic (exact) mass is 428 g/mol. The quantitative estimate of drug-likeness (QED) is 0.338. The number of hydrogen-bond donors (Lipinski definition) is 0. The molecule has 176 valence electrons. The molecule has 1 aromatic rings. The van der Waals surface area contributed by atoms with Gasteiger partial charge in [0.2, 0.25) is 0 Å². The van der Waals surface area contributed by atoms with Gasteiger partial charge in [-0.25, -0.2) is 0 Å². The van der Waals surface area contributed by atoms with E-state index < -0.39 is 0 Å². The zero-order chi connectivity index (χ0) is 21.9. The summed E-state index contributed by atoms with van der Waals surface area (Å²) < 4.78 is 10.7. The lowest BCUT2D eigenvalue weighted by Crippen LogP contribution is -2.26. The van der Waals surface area contributed by atoms with Gasteiger partial charge in [0.1, 0.15) is 0 Å². The van der Waals surface area contributed by atoms with Crippen LogP contribution in [0.5, 0.6) is 0 Å². The molecule has 0 aromatic heterocycles. The first-order valence-electron chi connectivity index (χ1n) is 13.3. The van der Waals surface area contributed by atoms with Gasteiger partial charge in [-0.2, -0.15) is 0 Å². The van der Waals surface area contributed by atoms with Crippen molar-refractivity contribution in [1.82, 2.24) is 0 Å². The minimum atomic E-state index is 0.778. The lowest BCUT2D eigenvalue weighted by atomic mass is 9.67. The molecule has 2 saturated carbocycles. The summed E-state index contributed by atoms with van der Waals surface area (Å²) in [7, 11) is 3.66. The number of ether oxygens (including phenoxy) is 2. The standard InChI is InChI=1S/C29H48O2/c1-4-5-23-6-10-26(11-7-23)28-14-16-29(17-15-28)27-12-8-24(9-13-27)22-25(18-20-30-2)19-21-31-3/h6-7,10-11,24-25,27-29H,4-5,8-9,12-22H2,1-3H3. The molecule has 2 nitrogen and oxygen atoms in total. The molecule has 0 atom stereocenters. The molecule has 3 rings (SSSR count). The maximum absolute atomic E-state index is 5.35. The molecule has 2 aliphatic carbocycles. The molecule has 1 aromatic carbocycles. The molecule has 0 aliphatic heterocycles. The molecule has 2 aliphatic rings. The maximum atomic E-state index is 5.35. The molecular weight excluding hydrogens is 380 g/mol.